The van der Waals surface area contributed by atoms with E-state index < -0.39 is 0 Å². The summed E-state index contributed by atoms with van der Waals surface area (Å²) in [6.07, 6.45) is 6.50. The van der Waals surface area contributed by atoms with Gasteiger partial charge in [0.15, 0.2) is 0 Å². The summed E-state index contributed by atoms with van der Waals surface area (Å²) in [6, 6.07) is 1.84. The number of rotatable bonds is 1. The van der Waals surface area contributed by atoms with Crippen molar-refractivity contribution in [3.63, 3.8) is 0 Å². The number of aromatic nitrogens is 1. The Balaban J connectivity index is 3.20. The molecule has 0 spiro atoms. The molecule has 1 aromatic rings. The van der Waals surface area contributed by atoms with Gasteiger partial charge in [0.2, 0.25) is 5.78 Å². The summed E-state index contributed by atoms with van der Waals surface area (Å²) < 4.78 is 0. The fourth-order valence-corrected chi connectivity index (χ4v) is 1.01. The molecule has 1 heterocycles. The van der Waals surface area contributed by atoms with Crippen molar-refractivity contribution in [2.75, 3.05) is 0 Å². The van der Waals surface area contributed by atoms with E-state index in [1.807, 2.05) is 19.9 Å². The number of hydrogen-bond acceptors (Lipinski definition) is 2. The second-order valence-corrected chi connectivity index (χ2v) is 2.61. The summed E-state index contributed by atoms with van der Waals surface area (Å²) in [5.74, 6) is 1.76. The number of carbonyl (C=O) groups excluding carboxylic acids is 1. The first kappa shape index (κ1) is 8.48. The Morgan fingerprint density at radius 1 is 1.58 bits per heavy atom. The van der Waals surface area contributed by atoms with Crippen LogP contribution < -0.4 is 0 Å². The Kier molecular flexibility index (Phi) is 2.25. The third-order valence-electron chi connectivity index (χ3n) is 1.62. The van der Waals surface area contributed by atoms with Crippen molar-refractivity contribution in [3.05, 3.63) is 29.1 Å². The maximum atomic E-state index is 11.1. The molecule has 2 heteroatoms. The first-order chi connectivity index (χ1) is 5.65. The summed E-state index contributed by atoms with van der Waals surface area (Å²) in [4.78, 5) is 15.1. The lowest BCUT2D eigenvalue weighted by Crippen LogP contribution is -1.99. The minimum atomic E-state index is -0.306. The summed E-state index contributed by atoms with van der Waals surface area (Å²) in [6.45, 7) is 3.72. The molecule has 0 atom stereocenters. The Morgan fingerprint density at radius 2 is 2.25 bits per heavy atom. The SMILES string of the molecule is C#CC(=O)c1cnc(C)cc1C. The van der Waals surface area contributed by atoms with E-state index in [4.69, 9.17) is 6.42 Å². The van der Waals surface area contributed by atoms with E-state index in [9.17, 15) is 4.79 Å². The maximum absolute atomic E-state index is 11.1. The van der Waals surface area contributed by atoms with Gasteiger partial charge < -0.3 is 0 Å². The zero-order chi connectivity index (χ0) is 9.14. The van der Waals surface area contributed by atoms with Gasteiger partial charge in [0.05, 0.1) is 5.56 Å². The van der Waals surface area contributed by atoms with Gasteiger partial charge in [0, 0.05) is 11.9 Å². The fourth-order valence-electron chi connectivity index (χ4n) is 1.01. The van der Waals surface area contributed by atoms with E-state index in [-0.39, 0.29) is 5.78 Å². The number of pyridine rings is 1. The van der Waals surface area contributed by atoms with Crippen LogP contribution in [0.1, 0.15) is 21.6 Å². The van der Waals surface area contributed by atoms with Crippen LogP contribution in [0.2, 0.25) is 0 Å². The van der Waals surface area contributed by atoms with Crippen LogP contribution in [-0.2, 0) is 0 Å². The molecule has 0 aliphatic carbocycles. The van der Waals surface area contributed by atoms with E-state index in [0.717, 1.165) is 11.3 Å². The average Bonchev–Trinajstić information content (AvgIpc) is 2.03. The highest BCUT2D eigenvalue weighted by Gasteiger charge is 2.05. The number of Topliss-reactive ketones (excluding diaryl/α,β-unsaturated/α-hetero) is 1. The van der Waals surface area contributed by atoms with Gasteiger partial charge in [-0.15, -0.1) is 6.42 Å². The van der Waals surface area contributed by atoms with Crippen LogP contribution in [0.4, 0.5) is 0 Å². The van der Waals surface area contributed by atoms with Gasteiger partial charge in [-0.25, -0.2) is 0 Å². The van der Waals surface area contributed by atoms with Gasteiger partial charge >= 0.3 is 0 Å². The number of terminal acetylenes is 1. The Morgan fingerprint density at radius 3 is 2.75 bits per heavy atom. The maximum Gasteiger partial charge on any atom is 0.237 e. The second-order valence-electron chi connectivity index (χ2n) is 2.61. The van der Waals surface area contributed by atoms with Crippen molar-refractivity contribution >= 4 is 5.78 Å². The molecule has 0 fully saturated rings. The topological polar surface area (TPSA) is 30.0 Å². The molecule has 0 aromatic carbocycles. The molecule has 0 amide bonds. The highest BCUT2D eigenvalue weighted by atomic mass is 16.1. The van der Waals surface area contributed by atoms with Crippen molar-refractivity contribution in [2.45, 2.75) is 13.8 Å². The van der Waals surface area contributed by atoms with Crippen LogP contribution in [0, 0.1) is 26.2 Å². The third kappa shape index (κ3) is 1.51. The standard InChI is InChI=1S/C10H9NO/c1-4-10(12)9-6-11-8(3)5-7(9)2/h1,5-6H,2-3H3. The number of ketones is 1. The van der Waals surface area contributed by atoms with Gasteiger partial charge in [0.1, 0.15) is 0 Å². The van der Waals surface area contributed by atoms with Crippen LogP contribution in [0.15, 0.2) is 12.3 Å². The molecule has 0 N–H and O–H groups in total. The van der Waals surface area contributed by atoms with Crippen LogP contribution in [-0.4, -0.2) is 10.8 Å². The summed E-state index contributed by atoms with van der Waals surface area (Å²) >= 11 is 0. The van der Waals surface area contributed by atoms with Crippen molar-refractivity contribution in [3.8, 4) is 12.3 Å². The second kappa shape index (κ2) is 3.19. The smallest absolute Gasteiger partial charge is 0.237 e. The summed E-state index contributed by atoms with van der Waals surface area (Å²) in [5.41, 5.74) is 2.29. The molecule has 0 unspecified atom stereocenters. The average molecular weight is 159 g/mol. The minimum absolute atomic E-state index is 0.306. The number of aryl methyl sites for hydroxylation is 2. The molecular weight excluding hydrogens is 150 g/mol. The highest BCUT2D eigenvalue weighted by Crippen LogP contribution is 2.07. The molecule has 1 rings (SSSR count). The van der Waals surface area contributed by atoms with E-state index in [0.29, 0.717) is 5.56 Å². The zero-order valence-corrected chi connectivity index (χ0v) is 7.09. The predicted molar refractivity (Wildman–Crippen MR) is 46.9 cm³/mol. The van der Waals surface area contributed by atoms with E-state index in [1.54, 1.807) is 0 Å². The predicted octanol–water partition coefficient (Wildman–Crippen LogP) is 1.51. The van der Waals surface area contributed by atoms with Gasteiger partial charge in [-0.3, -0.25) is 9.78 Å². The van der Waals surface area contributed by atoms with Gasteiger partial charge in [0.25, 0.3) is 0 Å². The lowest BCUT2D eigenvalue weighted by atomic mass is 10.1. The molecule has 0 bridgehead atoms. The first-order valence-electron chi connectivity index (χ1n) is 3.59. The highest BCUT2D eigenvalue weighted by molar-refractivity contribution is 6.09. The summed E-state index contributed by atoms with van der Waals surface area (Å²) in [7, 11) is 0. The third-order valence-corrected chi connectivity index (χ3v) is 1.62. The largest absolute Gasteiger partial charge is 0.279 e. The van der Waals surface area contributed by atoms with Crippen molar-refractivity contribution in [1.82, 2.24) is 4.98 Å². The number of nitrogens with zero attached hydrogens (tertiary/aromatic N) is 1. The van der Waals surface area contributed by atoms with Crippen molar-refractivity contribution in [2.24, 2.45) is 0 Å². The molecule has 0 radical (unpaired) electrons. The molecule has 60 valence electrons. The normalized spacial score (nSPS) is 9.08. The molecule has 0 saturated heterocycles. The van der Waals surface area contributed by atoms with E-state index >= 15 is 0 Å². The monoisotopic (exact) mass is 159 g/mol. The molecule has 2 nitrogen and oxygen atoms in total. The molecule has 0 saturated carbocycles. The van der Waals surface area contributed by atoms with Gasteiger partial charge in [-0.1, -0.05) is 0 Å². The molecule has 0 aliphatic rings. The molecule has 1 aromatic heterocycles. The Hall–Kier alpha value is -1.62. The van der Waals surface area contributed by atoms with Crippen LogP contribution in [0.25, 0.3) is 0 Å². The van der Waals surface area contributed by atoms with Crippen molar-refractivity contribution < 1.29 is 4.79 Å². The van der Waals surface area contributed by atoms with Crippen molar-refractivity contribution in [1.29, 1.82) is 0 Å². The van der Waals surface area contributed by atoms with Gasteiger partial charge in [-0.05, 0) is 31.4 Å². The van der Waals surface area contributed by atoms with E-state index in [2.05, 4.69) is 10.9 Å². The summed E-state index contributed by atoms with van der Waals surface area (Å²) in [5, 5.41) is 0. The Labute approximate surface area is 71.6 Å². The fraction of sp³-hybridized carbons (Fsp3) is 0.200. The van der Waals surface area contributed by atoms with Crippen LogP contribution >= 0.6 is 0 Å². The van der Waals surface area contributed by atoms with Gasteiger partial charge in [-0.2, -0.15) is 0 Å². The first-order valence-corrected chi connectivity index (χ1v) is 3.59. The lowest BCUT2D eigenvalue weighted by Gasteiger charge is -1.99. The lowest BCUT2D eigenvalue weighted by molar-refractivity contribution is 0.105. The van der Waals surface area contributed by atoms with Crippen LogP contribution in [0.5, 0.6) is 0 Å². The quantitative estimate of drug-likeness (QED) is 0.353. The number of carbonyl (C=O) groups is 1. The number of hydrogen-bond donors (Lipinski definition) is 0. The molecular formula is C10H9NO. The van der Waals surface area contributed by atoms with Crippen LogP contribution in [0.3, 0.4) is 0 Å². The van der Waals surface area contributed by atoms with E-state index in [1.165, 1.54) is 6.20 Å². The molecule has 12 heavy (non-hydrogen) atoms. The Bertz CT molecular complexity index is 361. The zero-order valence-electron chi connectivity index (χ0n) is 7.09. The minimum Gasteiger partial charge on any atom is -0.279 e. The molecule has 0 aliphatic heterocycles.